The van der Waals surface area contributed by atoms with E-state index in [9.17, 15) is 9.59 Å². The van der Waals surface area contributed by atoms with Crippen molar-refractivity contribution < 1.29 is 14.3 Å². The standard InChI is InChI=1S/C13H13BrO3/c1-8(9(2)15)13(17-10(3)16)11-5-4-6-12(14)7-11/h4-7,13H,1H2,2-3H3. The van der Waals surface area contributed by atoms with Crippen LogP contribution in [-0.2, 0) is 14.3 Å². The maximum absolute atomic E-state index is 11.3. The molecule has 17 heavy (non-hydrogen) atoms. The van der Waals surface area contributed by atoms with E-state index in [1.165, 1.54) is 13.8 Å². The van der Waals surface area contributed by atoms with Gasteiger partial charge in [-0.1, -0.05) is 34.6 Å². The molecular weight excluding hydrogens is 284 g/mol. The van der Waals surface area contributed by atoms with Gasteiger partial charge in [0.05, 0.1) is 0 Å². The fourth-order valence-electron chi connectivity index (χ4n) is 1.36. The van der Waals surface area contributed by atoms with Gasteiger partial charge in [-0.15, -0.1) is 0 Å². The Balaban J connectivity index is 3.10. The molecule has 0 N–H and O–H groups in total. The monoisotopic (exact) mass is 296 g/mol. The van der Waals surface area contributed by atoms with Gasteiger partial charge in [0.25, 0.3) is 0 Å². The van der Waals surface area contributed by atoms with E-state index in [0.717, 1.165) is 10.0 Å². The topological polar surface area (TPSA) is 43.4 Å². The highest BCUT2D eigenvalue weighted by Crippen LogP contribution is 2.27. The molecule has 0 saturated carbocycles. The molecule has 90 valence electrons. The number of carbonyl (C=O) groups is 2. The molecule has 0 spiro atoms. The molecule has 0 aliphatic rings. The molecule has 4 heteroatoms. The molecule has 0 radical (unpaired) electrons. The van der Waals surface area contributed by atoms with Crippen molar-refractivity contribution in [2.45, 2.75) is 20.0 Å². The second-order valence-electron chi connectivity index (χ2n) is 3.63. The second-order valence-corrected chi connectivity index (χ2v) is 4.54. The van der Waals surface area contributed by atoms with E-state index in [-0.39, 0.29) is 11.4 Å². The van der Waals surface area contributed by atoms with Crippen molar-refractivity contribution in [1.82, 2.24) is 0 Å². The van der Waals surface area contributed by atoms with E-state index < -0.39 is 12.1 Å². The highest BCUT2D eigenvalue weighted by atomic mass is 79.9. The number of esters is 1. The Morgan fingerprint density at radius 2 is 2.00 bits per heavy atom. The number of hydrogen-bond acceptors (Lipinski definition) is 3. The first-order valence-electron chi connectivity index (χ1n) is 5.04. The maximum Gasteiger partial charge on any atom is 0.303 e. The summed E-state index contributed by atoms with van der Waals surface area (Å²) in [5, 5.41) is 0. The van der Waals surface area contributed by atoms with Crippen LogP contribution in [0, 0.1) is 0 Å². The predicted octanol–water partition coefficient (Wildman–Crippen LogP) is 3.20. The first kappa shape index (κ1) is 13.6. The normalized spacial score (nSPS) is 11.7. The highest BCUT2D eigenvalue weighted by molar-refractivity contribution is 9.10. The van der Waals surface area contributed by atoms with E-state index in [4.69, 9.17) is 4.74 Å². The lowest BCUT2D eigenvalue weighted by Crippen LogP contribution is -2.14. The van der Waals surface area contributed by atoms with Gasteiger partial charge in [0.2, 0.25) is 0 Å². The fraction of sp³-hybridized carbons (Fsp3) is 0.231. The molecule has 0 saturated heterocycles. The molecule has 0 bridgehead atoms. The summed E-state index contributed by atoms with van der Waals surface area (Å²) in [6.07, 6.45) is -0.720. The first-order valence-corrected chi connectivity index (χ1v) is 5.83. The van der Waals surface area contributed by atoms with Crippen molar-refractivity contribution in [2.24, 2.45) is 0 Å². The molecule has 0 aromatic heterocycles. The number of Topliss-reactive ketones (excluding diaryl/α,β-unsaturated/α-hetero) is 1. The first-order chi connectivity index (χ1) is 7.91. The Bertz CT molecular complexity index is 465. The van der Waals surface area contributed by atoms with E-state index in [0.29, 0.717) is 0 Å². The number of ether oxygens (including phenoxy) is 1. The molecule has 0 fully saturated rings. The fourth-order valence-corrected chi connectivity index (χ4v) is 1.78. The van der Waals surface area contributed by atoms with Crippen LogP contribution in [0.25, 0.3) is 0 Å². The van der Waals surface area contributed by atoms with Gasteiger partial charge in [-0.3, -0.25) is 9.59 Å². The number of ketones is 1. The van der Waals surface area contributed by atoms with Crippen molar-refractivity contribution in [3.63, 3.8) is 0 Å². The van der Waals surface area contributed by atoms with Crippen molar-refractivity contribution in [1.29, 1.82) is 0 Å². The zero-order valence-electron chi connectivity index (χ0n) is 9.70. The number of halogens is 1. The van der Waals surface area contributed by atoms with Crippen molar-refractivity contribution in [2.75, 3.05) is 0 Å². The van der Waals surface area contributed by atoms with Gasteiger partial charge >= 0.3 is 5.97 Å². The third-order valence-electron chi connectivity index (χ3n) is 2.20. The lowest BCUT2D eigenvalue weighted by Gasteiger charge is -2.18. The summed E-state index contributed by atoms with van der Waals surface area (Å²) < 4.78 is 5.98. The van der Waals surface area contributed by atoms with Crippen LogP contribution in [0.3, 0.4) is 0 Å². The molecule has 0 amide bonds. The van der Waals surface area contributed by atoms with Crippen LogP contribution in [0.5, 0.6) is 0 Å². The van der Waals surface area contributed by atoms with Crippen molar-refractivity contribution in [3.8, 4) is 0 Å². The van der Waals surface area contributed by atoms with Crippen LogP contribution in [0.15, 0.2) is 40.9 Å². The minimum absolute atomic E-state index is 0.198. The van der Waals surface area contributed by atoms with E-state index in [1.54, 1.807) is 12.1 Å². The number of carbonyl (C=O) groups excluding carboxylic acids is 2. The summed E-state index contributed by atoms with van der Waals surface area (Å²) in [6, 6.07) is 7.24. The lowest BCUT2D eigenvalue weighted by atomic mass is 10.0. The van der Waals surface area contributed by atoms with E-state index in [2.05, 4.69) is 22.5 Å². The lowest BCUT2D eigenvalue weighted by molar-refractivity contribution is -0.145. The van der Waals surface area contributed by atoms with Gasteiger partial charge in [0.15, 0.2) is 11.9 Å². The van der Waals surface area contributed by atoms with Gasteiger partial charge in [0.1, 0.15) is 0 Å². The number of rotatable bonds is 4. The summed E-state index contributed by atoms with van der Waals surface area (Å²) in [5.74, 6) is -0.645. The minimum atomic E-state index is -0.720. The Labute approximate surface area is 109 Å². The summed E-state index contributed by atoms with van der Waals surface area (Å²) in [4.78, 5) is 22.4. The Morgan fingerprint density at radius 3 is 2.47 bits per heavy atom. The van der Waals surface area contributed by atoms with E-state index >= 15 is 0 Å². The smallest absolute Gasteiger partial charge is 0.303 e. The summed E-state index contributed by atoms with van der Waals surface area (Å²) >= 11 is 3.33. The number of benzene rings is 1. The van der Waals surface area contributed by atoms with E-state index in [1.807, 2.05) is 12.1 Å². The average molecular weight is 297 g/mol. The van der Waals surface area contributed by atoms with Crippen molar-refractivity contribution in [3.05, 3.63) is 46.5 Å². The highest BCUT2D eigenvalue weighted by Gasteiger charge is 2.21. The zero-order chi connectivity index (χ0) is 13.0. The van der Waals surface area contributed by atoms with Crippen LogP contribution in [0.4, 0.5) is 0 Å². The molecule has 1 aromatic carbocycles. The third-order valence-corrected chi connectivity index (χ3v) is 2.70. The molecular formula is C13H13BrO3. The maximum atomic E-state index is 11.3. The number of hydrogen-bond donors (Lipinski definition) is 0. The van der Waals surface area contributed by atoms with Gasteiger partial charge in [0, 0.05) is 17.0 Å². The van der Waals surface area contributed by atoms with Crippen LogP contribution < -0.4 is 0 Å². The molecule has 0 aliphatic carbocycles. The molecule has 1 rings (SSSR count). The van der Waals surface area contributed by atoms with Crippen molar-refractivity contribution >= 4 is 27.7 Å². The predicted molar refractivity (Wildman–Crippen MR) is 68.5 cm³/mol. The summed E-state index contributed by atoms with van der Waals surface area (Å²) in [5.41, 5.74) is 0.980. The Hall–Kier alpha value is -1.42. The molecule has 3 nitrogen and oxygen atoms in total. The van der Waals surface area contributed by atoms with Crippen LogP contribution in [-0.4, -0.2) is 11.8 Å². The summed E-state index contributed by atoms with van der Waals surface area (Å²) in [7, 11) is 0. The van der Waals surface area contributed by atoms with Gasteiger partial charge in [-0.2, -0.15) is 0 Å². The molecule has 0 aliphatic heterocycles. The third kappa shape index (κ3) is 3.82. The molecule has 1 aromatic rings. The second kappa shape index (κ2) is 5.77. The molecule has 1 atom stereocenters. The summed E-state index contributed by atoms with van der Waals surface area (Å²) in [6.45, 7) is 6.38. The van der Waals surface area contributed by atoms with Gasteiger partial charge in [-0.05, 0) is 24.6 Å². The average Bonchev–Trinajstić information content (AvgIpc) is 2.24. The van der Waals surface area contributed by atoms with Gasteiger partial charge in [-0.25, -0.2) is 0 Å². The quantitative estimate of drug-likeness (QED) is 0.633. The largest absolute Gasteiger partial charge is 0.453 e. The minimum Gasteiger partial charge on any atom is -0.453 e. The molecule has 1 unspecified atom stereocenters. The van der Waals surface area contributed by atoms with Crippen LogP contribution >= 0.6 is 15.9 Å². The SMILES string of the molecule is C=C(C(C)=O)C(OC(C)=O)c1cccc(Br)c1. The zero-order valence-corrected chi connectivity index (χ0v) is 11.3. The Morgan fingerprint density at radius 1 is 1.35 bits per heavy atom. The Kier molecular flexibility index (Phi) is 4.63. The van der Waals surface area contributed by atoms with Crippen LogP contribution in [0.1, 0.15) is 25.5 Å². The van der Waals surface area contributed by atoms with Crippen LogP contribution in [0.2, 0.25) is 0 Å². The van der Waals surface area contributed by atoms with Gasteiger partial charge < -0.3 is 4.74 Å². The molecule has 0 heterocycles.